The number of nitrogens with zero attached hydrogens (tertiary/aromatic N) is 1. The molecular weight excluding hydrogens is 242 g/mol. The van der Waals surface area contributed by atoms with Gasteiger partial charge in [-0.2, -0.15) is 0 Å². The number of likely N-dealkylation sites (tertiary alicyclic amines) is 1. The summed E-state index contributed by atoms with van der Waals surface area (Å²) in [5, 5.41) is 0. The molecule has 0 aliphatic carbocycles. The first-order valence-electron chi connectivity index (χ1n) is 7.64. The Hall–Kier alpha value is -1.60. The maximum absolute atomic E-state index is 2.59. The zero-order valence-electron chi connectivity index (χ0n) is 12.3. The second kappa shape index (κ2) is 6.23. The largest absolute Gasteiger partial charge is 0.299 e. The molecule has 0 radical (unpaired) electrons. The first kappa shape index (κ1) is 13.4. The predicted molar refractivity (Wildman–Crippen MR) is 84.9 cm³/mol. The van der Waals surface area contributed by atoms with Gasteiger partial charge in [0.1, 0.15) is 0 Å². The van der Waals surface area contributed by atoms with E-state index in [1.165, 1.54) is 42.6 Å². The molecule has 0 amide bonds. The molecule has 1 aliphatic heterocycles. The van der Waals surface area contributed by atoms with E-state index in [1.54, 1.807) is 0 Å². The van der Waals surface area contributed by atoms with E-state index in [0.717, 1.165) is 12.5 Å². The van der Waals surface area contributed by atoms with E-state index >= 15 is 0 Å². The summed E-state index contributed by atoms with van der Waals surface area (Å²) in [5.41, 5.74) is 4.30. The van der Waals surface area contributed by atoms with Gasteiger partial charge >= 0.3 is 0 Å². The first-order chi connectivity index (χ1) is 9.81. The smallest absolute Gasteiger partial charge is 0.0233 e. The molecule has 0 saturated carbocycles. The van der Waals surface area contributed by atoms with E-state index in [4.69, 9.17) is 0 Å². The van der Waals surface area contributed by atoms with Gasteiger partial charge in [0.05, 0.1) is 0 Å². The van der Waals surface area contributed by atoms with E-state index in [1.807, 2.05) is 0 Å². The summed E-state index contributed by atoms with van der Waals surface area (Å²) >= 11 is 0. The second-order valence-electron chi connectivity index (χ2n) is 5.95. The third kappa shape index (κ3) is 3.29. The number of hydrogen-bond acceptors (Lipinski definition) is 1. The van der Waals surface area contributed by atoms with Crippen molar-refractivity contribution in [1.29, 1.82) is 0 Å². The minimum atomic E-state index is 0.755. The maximum atomic E-state index is 2.59. The maximum Gasteiger partial charge on any atom is 0.0233 e. The average Bonchev–Trinajstić information content (AvgIpc) is 2.51. The number of rotatable bonds is 3. The van der Waals surface area contributed by atoms with E-state index in [9.17, 15) is 0 Å². The second-order valence-corrected chi connectivity index (χ2v) is 5.95. The third-order valence-electron chi connectivity index (χ3n) is 4.39. The molecular formula is C19H23N. The van der Waals surface area contributed by atoms with Crippen molar-refractivity contribution in [3.05, 3.63) is 71.3 Å². The van der Waals surface area contributed by atoms with Crippen LogP contribution in [0, 0.1) is 6.92 Å². The van der Waals surface area contributed by atoms with Crippen LogP contribution in [0.3, 0.4) is 0 Å². The highest BCUT2D eigenvalue weighted by atomic mass is 15.1. The fourth-order valence-corrected chi connectivity index (χ4v) is 3.10. The van der Waals surface area contributed by atoms with Crippen molar-refractivity contribution >= 4 is 0 Å². The highest BCUT2D eigenvalue weighted by molar-refractivity contribution is 5.22. The topological polar surface area (TPSA) is 3.24 Å². The molecule has 3 rings (SSSR count). The molecule has 2 aromatic carbocycles. The molecule has 1 saturated heterocycles. The van der Waals surface area contributed by atoms with Gasteiger partial charge in [-0.1, -0.05) is 60.2 Å². The molecule has 0 spiro atoms. The van der Waals surface area contributed by atoms with Gasteiger partial charge in [0.25, 0.3) is 0 Å². The Kier molecular flexibility index (Phi) is 4.17. The zero-order valence-corrected chi connectivity index (χ0v) is 12.3. The fraction of sp³-hybridized carbons (Fsp3) is 0.368. The Morgan fingerprint density at radius 1 is 0.900 bits per heavy atom. The standard InChI is InChI=1S/C19H23N/c1-16-7-9-17(10-8-16)15-20-13-11-19(12-14-20)18-5-3-2-4-6-18/h2-10,19H,11-15H2,1H3. The van der Waals surface area contributed by atoms with Gasteiger partial charge in [0.15, 0.2) is 0 Å². The van der Waals surface area contributed by atoms with Crippen LogP contribution in [0.1, 0.15) is 35.4 Å². The lowest BCUT2D eigenvalue weighted by atomic mass is 9.89. The van der Waals surface area contributed by atoms with Gasteiger partial charge in [-0.25, -0.2) is 0 Å². The number of hydrogen-bond donors (Lipinski definition) is 0. The van der Waals surface area contributed by atoms with Gasteiger partial charge in [-0.05, 0) is 49.9 Å². The third-order valence-corrected chi connectivity index (χ3v) is 4.39. The van der Waals surface area contributed by atoms with Gasteiger partial charge in [-0.15, -0.1) is 0 Å². The van der Waals surface area contributed by atoms with Gasteiger partial charge < -0.3 is 0 Å². The van der Waals surface area contributed by atoms with Crippen LogP contribution in [0.2, 0.25) is 0 Å². The van der Waals surface area contributed by atoms with Crippen molar-refractivity contribution < 1.29 is 0 Å². The minimum absolute atomic E-state index is 0.755. The molecule has 0 atom stereocenters. The number of aryl methyl sites for hydroxylation is 1. The highest BCUT2D eigenvalue weighted by Gasteiger charge is 2.20. The summed E-state index contributed by atoms with van der Waals surface area (Å²) in [6, 6.07) is 19.9. The molecule has 2 aromatic rings. The predicted octanol–water partition coefficient (Wildman–Crippen LogP) is 4.37. The Balaban J connectivity index is 1.55. The van der Waals surface area contributed by atoms with Crippen molar-refractivity contribution in [2.75, 3.05) is 13.1 Å². The molecule has 0 unspecified atom stereocenters. The van der Waals surface area contributed by atoms with Crippen LogP contribution in [0.5, 0.6) is 0 Å². The van der Waals surface area contributed by atoms with E-state index in [-0.39, 0.29) is 0 Å². The van der Waals surface area contributed by atoms with Crippen molar-refractivity contribution in [2.45, 2.75) is 32.2 Å². The van der Waals surface area contributed by atoms with Crippen molar-refractivity contribution in [2.24, 2.45) is 0 Å². The molecule has 1 heterocycles. The lowest BCUT2D eigenvalue weighted by Crippen LogP contribution is -2.32. The lowest BCUT2D eigenvalue weighted by Gasteiger charge is -2.32. The quantitative estimate of drug-likeness (QED) is 0.796. The molecule has 0 N–H and O–H groups in total. The summed E-state index contributed by atoms with van der Waals surface area (Å²) in [6.07, 6.45) is 2.58. The highest BCUT2D eigenvalue weighted by Crippen LogP contribution is 2.28. The summed E-state index contributed by atoms with van der Waals surface area (Å²) < 4.78 is 0. The van der Waals surface area contributed by atoms with Crippen LogP contribution in [0.15, 0.2) is 54.6 Å². The molecule has 20 heavy (non-hydrogen) atoms. The average molecular weight is 265 g/mol. The van der Waals surface area contributed by atoms with Crippen molar-refractivity contribution in [1.82, 2.24) is 4.90 Å². The monoisotopic (exact) mass is 265 g/mol. The van der Waals surface area contributed by atoms with Crippen molar-refractivity contribution in [3.63, 3.8) is 0 Å². The molecule has 0 bridgehead atoms. The fourth-order valence-electron chi connectivity index (χ4n) is 3.10. The van der Waals surface area contributed by atoms with Gasteiger partial charge in [0, 0.05) is 6.54 Å². The molecule has 104 valence electrons. The summed E-state index contributed by atoms with van der Waals surface area (Å²) in [6.45, 7) is 5.68. The Bertz CT molecular complexity index is 521. The van der Waals surface area contributed by atoms with Crippen LogP contribution in [0.4, 0.5) is 0 Å². The Labute approximate surface area is 122 Å². The summed E-state index contributed by atoms with van der Waals surface area (Å²) in [4.78, 5) is 2.59. The van der Waals surface area contributed by atoms with Crippen LogP contribution in [-0.2, 0) is 6.54 Å². The first-order valence-corrected chi connectivity index (χ1v) is 7.64. The molecule has 1 nitrogen and oxygen atoms in total. The molecule has 0 aromatic heterocycles. The molecule has 1 aliphatic rings. The van der Waals surface area contributed by atoms with E-state index in [2.05, 4.69) is 66.4 Å². The minimum Gasteiger partial charge on any atom is -0.299 e. The van der Waals surface area contributed by atoms with Crippen molar-refractivity contribution in [3.8, 4) is 0 Å². The van der Waals surface area contributed by atoms with Gasteiger partial charge in [0.2, 0.25) is 0 Å². The van der Waals surface area contributed by atoms with Gasteiger partial charge in [-0.3, -0.25) is 4.90 Å². The van der Waals surface area contributed by atoms with Crippen LogP contribution in [0.25, 0.3) is 0 Å². The zero-order chi connectivity index (χ0) is 13.8. The summed E-state index contributed by atoms with van der Waals surface area (Å²) in [7, 11) is 0. The SMILES string of the molecule is Cc1ccc(CN2CCC(c3ccccc3)CC2)cc1. The van der Waals surface area contributed by atoms with Crippen LogP contribution < -0.4 is 0 Å². The number of piperidine rings is 1. The van der Waals surface area contributed by atoms with Crippen LogP contribution in [-0.4, -0.2) is 18.0 Å². The molecule has 1 heteroatoms. The Morgan fingerprint density at radius 2 is 1.55 bits per heavy atom. The lowest BCUT2D eigenvalue weighted by molar-refractivity contribution is 0.204. The molecule has 1 fully saturated rings. The summed E-state index contributed by atoms with van der Waals surface area (Å²) in [5.74, 6) is 0.755. The normalized spacial score (nSPS) is 17.2. The van der Waals surface area contributed by atoms with E-state index in [0.29, 0.717) is 0 Å². The van der Waals surface area contributed by atoms with Crippen LogP contribution >= 0.6 is 0 Å². The number of benzene rings is 2. The van der Waals surface area contributed by atoms with E-state index < -0.39 is 0 Å². The Morgan fingerprint density at radius 3 is 2.20 bits per heavy atom.